The van der Waals surface area contributed by atoms with Crippen molar-refractivity contribution in [2.75, 3.05) is 26.8 Å². The summed E-state index contributed by atoms with van der Waals surface area (Å²) in [4.78, 5) is 19.0. The van der Waals surface area contributed by atoms with Gasteiger partial charge in [-0.15, -0.1) is 0 Å². The monoisotopic (exact) mass is 457 g/mol. The van der Waals surface area contributed by atoms with Crippen LogP contribution in [0.15, 0.2) is 47.5 Å². The topological polar surface area (TPSA) is 83.4 Å². The number of piperidine rings is 1. The summed E-state index contributed by atoms with van der Waals surface area (Å²) in [6, 6.07) is 13.0. The molecule has 2 heterocycles. The molecule has 7 nitrogen and oxygen atoms in total. The number of para-hydroxylation sites is 1. The molecule has 2 aromatic carbocycles. The molecular weight excluding hydrogens is 430 g/mol. The van der Waals surface area contributed by atoms with E-state index in [4.69, 9.17) is 26.1 Å². The quantitative estimate of drug-likeness (QED) is 0.704. The number of aliphatic imine (C=N–C) groups is 1. The number of carbonyl (C=O) groups excluding carboxylic acids is 1. The number of nitrogens with zero attached hydrogens (tertiary/aromatic N) is 2. The van der Waals surface area contributed by atoms with Gasteiger partial charge in [-0.05, 0) is 30.7 Å². The number of phenolic OH excluding ortho intramolecular Hbond substituents is 1. The highest BCUT2D eigenvalue weighted by Crippen LogP contribution is 2.40. The Labute approximate surface area is 193 Å². The number of ether oxygens (including phenoxy) is 2. The Morgan fingerprint density at radius 2 is 1.97 bits per heavy atom. The summed E-state index contributed by atoms with van der Waals surface area (Å²) in [5.74, 6) is 0.565. The van der Waals surface area contributed by atoms with Crippen molar-refractivity contribution in [1.29, 1.82) is 0 Å². The minimum absolute atomic E-state index is 0.129. The maximum Gasteiger partial charge on any atom is 0.409 e. The first kappa shape index (κ1) is 22.4. The molecule has 0 aliphatic carbocycles. The van der Waals surface area contributed by atoms with E-state index >= 15 is 0 Å². The van der Waals surface area contributed by atoms with E-state index in [1.807, 2.05) is 36.4 Å². The van der Waals surface area contributed by atoms with Gasteiger partial charge in [-0.25, -0.2) is 4.79 Å². The fourth-order valence-corrected chi connectivity index (χ4v) is 4.56. The van der Waals surface area contributed by atoms with Gasteiger partial charge in [0.15, 0.2) is 11.5 Å². The predicted octanol–water partition coefficient (Wildman–Crippen LogP) is 4.53. The SMILES string of the molecule is CCOC(=O)N1CCC2(CC1)N=C(c1ccc(Cl)cc1)C[C@@H](c1cccc(OC)c1O)N2. The lowest BCUT2D eigenvalue weighted by Crippen LogP contribution is -2.56. The summed E-state index contributed by atoms with van der Waals surface area (Å²) in [5, 5.41) is 15.1. The lowest BCUT2D eigenvalue weighted by molar-refractivity contribution is 0.0778. The van der Waals surface area contributed by atoms with Gasteiger partial charge in [0.2, 0.25) is 0 Å². The Balaban J connectivity index is 1.67. The first-order valence-electron chi connectivity index (χ1n) is 10.8. The van der Waals surface area contributed by atoms with Crippen LogP contribution in [0.3, 0.4) is 0 Å². The van der Waals surface area contributed by atoms with Crippen molar-refractivity contribution in [3.63, 3.8) is 0 Å². The van der Waals surface area contributed by atoms with Crippen molar-refractivity contribution in [1.82, 2.24) is 10.2 Å². The number of hydrogen-bond acceptors (Lipinski definition) is 6. The fraction of sp³-hybridized carbons (Fsp3) is 0.417. The molecule has 170 valence electrons. The maximum absolute atomic E-state index is 12.2. The van der Waals surface area contributed by atoms with Gasteiger partial charge in [-0.3, -0.25) is 10.3 Å². The lowest BCUT2D eigenvalue weighted by Gasteiger charge is -2.45. The third-order valence-electron chi connectivity index (χ3n) is 6.11. The van der Waals surface area contributed by atoms with Crippen LogP contribution in [0.5, 0.6) is 11.5 Å². The van der Waals surface area contributed by atoms with Crippen molar-refractivity contribution in [3.05, 3.63) is 58.6 Å². The molecule has 0 bridgehead atoms. The number of aromatic hydroxyl groups is 1. The highest BCUT2D eigenvalue weighted by atomic mass is 35.5. The summed E-state index contributed by atoms with van der Waals surface area (Å²) in [5.41, 5.74) is 2.15. The van der Waals surface area contributed by atoms with Crippen molar-refractivity contribution < 1.29 is 19.4 Å². The first-order valence-corrected chi connectivity index (χ1v) is 11.2. The molecule has 0 aromatic heterocycles. The largest absolute Gasteiger partial charge is 0.504 e. The molecule has 4 rings (SSSR count). The number of phenols is 1. The Morgan fingerprint density at radius 3 is 2.62 bits per heavy atom. The van der Waals surface area contributed by atoms with Crippen LogP contribution in [0, 0.1) is 0 Å². The van der Waals surface area contributed by atoms with Crippen LogP contribution >= 0.6 is 11.6 Å². The molecule has 2 N–H and O–H groups in total. The van der Waals surface area contributed by atoms with Crippen LogP contribution in [0.2, 0.25) is 5.02 Å². The minimum atomic E-state index is -0.545. The van der Waals surface area contributed by atoms with Gasteiger partial charge in [-0.1, -0.05) is 35.9 Å². The summed E-state index contributed by atoms with van der Waals surface area (Å²) in [6.45, 7) is 3.24. The van der Waals surface area contributed by atoms with Crippen LogP contribution in [0.4, 0.5) is 4.79 Å². The molecule has 8 heteroatoms. The van der Waals surface area contributed by atoms with Gasteiger partial charge in [0, 0.05) is 54.7 Å². The molecule has 1 saturated heterocycles. The molecule has 1 atom stereocenters. The number of rotatable bonds is 4. The number of nitrogens with one attached hydrogen (secondary N) is 1. The van der Waals surface area contributed by atoms with E-state index in [2.05, 4.69) is 5.32 Å². The second-order valence-electron chi connectivity index (χ2n) is 8.08. The van der Waals surface area contributed by atoms with Crippen LogP contribution in [0.25, 0.3) is 0 Å². The van der Waals surface area contributed by atoms with E-state index in [0.717, 1.165) is 16.8 Å². The molecule has 1 fully saturated rings. The smallest absolute Gasteiger partial charge is 0.409 e. The molecule has 2 aliphatic rings. The first-order chi connectivity index (χ1) is 15.4. The zero-order valence-corrected chi connectivity index (χ0v) is 19.1. The fourth-order valence-electron chi connectivity index (χ4n) is 4.43. The number of methoxy groups -OCH3 is 1. The average molecular weight is 458 g/mol. The van der Waals surface area contributed by atoms with Gasteiger partial charge in [-0.2, -0.15) is 0 Å². The highest BCUT2D eigenvalue weighted by Gasteiger charge is 2.41. The second-order valence-corrected chi connectivity index (χ2v) is 8.52. The van der Waals surface area contributed by atoms with E-state index in [0.29, 0.717) is 49.7 Å². The predicted molar refractivity (Wildman–Crippen MR) is 124 cm³/mol. The summed E-state index contributed by atoms with van der Waals surface area (Å²) in [6.07, 6.45) is 1.60. The molecule has 2 aliphatic heterocycles. The minimum Gasteiger partial charge on any atom is -0.504 e. The zero-order valence-electron chi connectivity index (χ0n) is 18.3. The van der Waals surface area contributed by atoms with Crippen LogP contribution in [-0.4, -0.2) is 54.3 Å². The lowest BCUT2D eigenvalue weighted by atomic mass is 9.87. The number of carbonyl (C=O) groups is 1. The Morgan fingerprint density at radius 1 is 1.25 bits per heavy atom. The number of halogens is 1. The van der Waals surface area contributed by atoms with Gasteiger partial charge in [0.05, 0.1) is 13.7 Å². The van der Waals surface area contributed by atoms with E-state index < -0.39 is 5.66 Å². The third kappa shape index (κ3) is 4.54. The second kappa shape index (κ2) is 9.38. The van der Waals surface area contributed by atoms with E-state index in [9.17, 15) is 9.90 Å². The molecule has 0 radical (unpaired) electrons. The van der Waals surface area contributed by atoms with Crippen LogP contribution in [0.1, 0.15) is 43.4 Å². The van der Waals surface area contributed by atoms with E-state index in [1.165, 1.54) is 0 Å². The zero-order chi connectivity index (χ0) is 22.7. The van der Waals surface area contributed by atoms with Crippen molar-refractivity contribution >= 4 is 23.4 Å². The summed E-state index contributed by atoms with van der Waals surface area (Å²) < 4.78 is 10.5. The van der Waals surface area contributed by atoms with Gasteiger partial charge < -0.3 is 19.5 Å². The molecule has 0 unspecified atom stereocenters. The Bertz CT molecular complexity index is 1000. The molecule has 2 aromatic rings. The Hall–Kier alpha value is -2.77. The number of hydrogen-bond donors (Lipinski definition) is 2. The molecular formula is C24H28ClN3O4. The third-order valence-corrected chi connectivity index (χ3v) is 6.36. The van der Waals surface area contributed by atoms with Crippen molar-refractivity contribution in [2.24, 2.45) is 4.99 Å². The summed E-state index contributed by atoms with van der Waals surface area (Å²) >= 11 is 6.09. The Kier molecular flexibility index (Phi) is 6.58. The molecule has 1 spiro atoms. The standard InChI is InChI=1S/C24H28ClN3O4/c1-3-32-23(30)28-13-11-24(12-14-28)26-19(16-7-9-17(25)10-8-16)15-20(27-24)18-5-4-6-21(31-2)22(18)29/h4-10,20,27,29H,3,11-15H2,1-2H3/t20-/m0/s1. The van der Waals surface area contributed by atoms with Crippen LogP contribution in [-0.2, 0) is 4.74 Å². The molecule has 1 amide bonds. The van der Waals surface area contributed by atoms with Crippen molar-refractivity contribution in [3.8, 4) is 11.5 Å². The van der Waals surface area contributed by atoms with Gasteiger partial charge >= 0.3 is 6.09 Å². The number of likely N-dealkylation sites (tertiary alicyclic amines) is 1. The number of amides is 1. The molecule has 0 saturated carbocycles. The average Bonchev–Trinajstić information content (AvgIpc) is 2.80. The maximum atomic E-state index is 12.2. The van der Waals surface area contributed by atoms with Crippen molar-refractivity contribution in [2.45, 2.75) is 37.9 Å². The number of benzene rings is 2. The summed E-state index contributed by atoms with van der Waals surface area (Å²) in [7, 11) is 1.54. The van der Waals surface area contributed by atoms with Gasteiger partial charge in [0.1, 0.15) is 5.66 Å². The normalized spacial score (nSPS) is 20.0. The molecule has 32 heavy (non-hydrogen) atoms. The van der Waals surface area contributed by atoms with E-state index in [-0.39, 0.29) is 17.9 Å². The van der Waals surface area contributed by atoms with Crippen LogP contribution < -0.4 is 10.1 Å². The van der Waals surface area contributed by atoms with Gasteiger partial charge in [0.25, 0.3) is 0 Å². The highest BCUT2D eigenvalue weighted by molar-refractivity contribution is 6.30. The van der Waals surface area contributed by atoms with E-state index in [1.54, 1.807) is 25.0 Å².